The van der Waals surface area contributed by atoms with Crippen molar-refractivity contribution in [2.75, 3.05) is 6.54 Å². The summed E-state index contributed by atoms with van der Waals surface area (Å²) in [6, 6.07) is 2.82. The van der Waals surface area contributed by atoms with Crippen molar-refractivity contribution in [1.29, 1.82) is 0 Å². The molecule has 0 radical (unpaired) electrons. The highest BCUT2D eigenvalue weighted by Crippen LogP contribution is 2.43. The minimum atomic E-state index is -0.844. The van der Waals surface area contributed by atoms with Crippen LogP contribution >= 0.6 is 0 Å². The first-order valence-corrected chi connectivity index (χ1v) is 10.0. The smallest absolute Gasteiger partial charge is 0.325 e. The molecule has 1 spiro atoms. The predicted octanol–water partition coefficient (Wildman–Crippen LogP) is 3.29. The molecule has 2 heterocycles. The van der Waals surface area contributed by atoms with Gasteiger partial charge in [-0.2, -0.15) is 0 Å². The van der Waals surface area contributed by atoms with E-state index in [9.17, 15) is 14.4 Å². The Morgan fingerprint density at radius 3 is 2.50 bits per heavy atom. The molecule has 2 N–H and O–H groups in total. The number of furan rings is 1. The number of nitrogens with one attached hydrogen (secondary N) is 2. The van der Waals surface area contributed by atoms with Gasteiger partial charge in [-0.15, -0.1) is 0 Å². The van der Waals surface area contributed by atoms with Crippen LogP contribution < -0.4 is 10.6 Å². The third kappa shape index (κ3) is 3.93. The van der Waals surface area contributed by atoms with Crippen LogP contribution in [-0.2, 0) is 9.59 Å². The lowest BCUT2D eigenvalue weighted by atomic mass is 9.67. The number of carbonyl (C=O) groups is 3. The normalized spacial score (nSPS) is 26.5. The van der Waals surface area contributed by atoms with Crippen LogP contribution in [0.4, 0.5) is 4.79 Å². The number of hydrogen-bond donors (Lipinski definition) is 2. The van der Waals surface area contributed by atoms with Crippen molar-refractivity contribution >= 4 is 17.8 Å². The van der Waals surface area contributed by atoms with Gasteiger partial charge < -0.3 is 15.1 Å². The topological polar surface area (TPSA) is 91.7 Å². The van der Waals surface area contributed by atoms with E-state index in [1.807, 2.05) is 13.0 Å². The average Bonchev–Trinajstić information content (AvgIpc) is 3.12. The number of amides is 4. The second-order valence-electron chi connectivity index (χ2n) is 9.28. The van der Waals surface area contributed by atoms with Gasteiger partial charge >= 0.3 is 6.03 Å². The number of imide groups is 1. The summed E-state index contributed by atoms with van der Waals surface area (Å²) >= 11 is 0. The number of carbonyl (C=O) groups excluding carboxylic acids is 3. The van der Waals surface area contributed by atoms with Crippen LogP contribution in [0.25, 0.3) is 0 Å². The predicted molar refractivity (Wildman–Crippen MR) is 104 cm³/mol. The van der Waals surface area contributed by atoms with Crippen molar-refractivity contribution in [2.45, 2.75) is 71.9 Å². The van der Waals surface area contributed by atoms with E-state index in [0.717, 1.165) is 23.5 Å². The third-order valence-electron chi connectivity index (χ3n) is 6.18. The number of aryl methyl sites for hydroxylation is 1. The monoisotopic (exact) mass is 389 g/mol. The van der Waals surface area contributed by atoms with Gasteiger partial charge in [0.05, 0.1) is 6.04 Å². The molecule has 7 nitrogen and oxygen atoms in total. The zero-order chi connectivity index (χ0) is 20.7. The van der Waals surface area contributed by atoms with Crippen LogP contribution in [-0.4, -0.2) is 34.8 Å². The van der Waals surface area contributed by atoms with E-state index < -0.39 is 11.6 Å². The second kappa shape index (κ2) is 7.26. The second-order valence-corrected chi connectivity index (χ2v) is 9.28. The van der Waals surface area contributed by atoms with Crippen LogP contribution in [0.2, 0.25) is 0 Å². The SMILES string of the molecule is Cc1ccc(C(C)NC(=O)CN2C(=O)NC3(CCC(C(C)(C)C)CC3)C2=O)o1. The fraction of sp³-hybridized carbons (Fsp3) is 0.667. The van der Waals surface area contributed by atoms with Gasteiger partial charge in [0.25, 0.3) is 5.91 Å². The van der Waals surface area contributed by atoms with Crippen molar-refractivity contribution in [3.63, 3.8) is 0 Å². The molecule has 1 aliphatic carbocycles. The molecule has 2 aliphatic rings. The molecule has 4 amide bonds. The molecule has 1 aromatic rings. The van der Waals surface area contributed by atoms with E-state index in [1.54, 1.807) is 13.0 Å². The number of rotatable bonds is 4. The van der Waals surface area contributed by atoms with Gasteiger partial charge in [-0.05, 0) is 63.0 Å². The first-order valence-electron chi connectivity index (χ1n) is 10.0. The van der Waals surface area contributed by atoms with Crippen LogP contribution in [0.15, 0.2) is 16.5 Å². The van der Waals surface area contributed by atoms with Crippen LogP contribution in [0, 0.1) is 18.3 Å². The molecule has 1 atom stereocenters. The van der Waals surface area contributed by atoms with E-state index >= 15 is 0 Å². The molecular formula is C21H31N3O4. The zero-order valence-electron chi connectivity index (χ0n) is 17.4. The molecule has 1 unspecified atom stereocenters. The maximum atomic E-state index is 13.0. The Bertz CT molecular complexity index is 769. The van der Waals surface area contributed by atoms with Crippen molar-refractivity contribution < 1.29 is 18.8 Å². The molecule has 1 saturated carbocycles. The lowest BCUT2D eigenvalue weighted by Gasteiger charge is -2.40. The molecule has 7 heteroatoms. The highest BCUT2D eigenvalue weighted by Gasteiger charge is 2.53. The summed E-state index contributed by atoms with van der Waals surface area (Å²) in [6.07, 6.45) is 3.04. The average molecular weight is 389 g/mol. The van der Waals surface area contributed by atoms with E-state index in [0.29, 0.717) is 24.5 Å². The summed E-state index contributed by atoms with van der Waals surface area (Å²) in [5.74, 6) is 1.27. The Balaban J connectivity index is 1.60. The first-order chi connectivity index (χ1) is 13.0. The molecule has 1 aromatic heterocycles. The van der Waals surface area contributed by atoms with Gasteiger partial charge in [-0.1, -0.05) is 20.8 Å². The Morgan fingerprint density at radius 2 is 1.96 bits per heavy atom. The molecule has 0 bridgehead atoms. The Labute approximate surface area is 166 Å². The summed E-state index contributed by atoms with van der Waals surface area (Å²) in [5.41, 5.74) is -0.657. The Morgan fingerprint density at radius 1 is 1.32 bits per heavy atom. The number of nitrogens with zero attached hydrogens (tertiary/aromatic N) is 1. The number of urea groups is 1. The summed E-state index contributed by atoms with van der Waals surface area (Å²) in [4.78, 5) is 38.9. The van der Waals surface area contributed by atoms with Gasteiger partial charge in [-0.3, -0.25) is 14.5 Å². The highest BCUT2D eigenvalue weighted by atomic mass is 16.3. The Hall–Kier alpha value is -2.31. The molecule has 1 saturated heterocycles. The summed E-state index contributed by atoms with van der Waals surface area (Å²) in [5, 5.41) is 5.66. The lowest BCUT2D eigenvalue weighted by molar-refractivity contribution is -0.136. The molecule has 2 fully saturated rings. The van der Waals surface area contributed by atoms with Crippen molar-refractivity contribution in [1.82, 2.24) is 15.5 Å². The largest absolute Gasteiger partial charge is 0.464 e. The van der Waals surface area contributed by atoms with Gasteiger partial charge in [0, 0.05) is 0 Å². The zero-order valence-corrected chi connectivity index (χ0v) is 17.4. The van der Waals surface area contributed by atoms with E-state index in [2.05, 4.69) is 31.4 Å². The first kappa shape index (κ1) is 20.4. The van der Waals surface area contributed by atoms with Gasteiger partial charge in [0.1, 0.15) is 23.6 Å². The van der Waals surface area contributed by atoms with Crippen LogP contribution in [0.1, 0.15) is 70.9 Å². The highest BCUT2D eigenvalue weighted by molar-refractivity contribution is 6.09. The molecular weight excluding hydrogens is 358 g/mol. The molecule has 154 valence electrons. The van der Waals surface area contributed by atoms with E-state index in [-0.39, 0.29) is 29.8 Å². The van der Waals surface area contributed by atoms with Gasteiger partial charge in [0.2, 0.25) is 5.91 Å². The minimum Gasteiger partial charge on any atom is -0.464 e. The fourth-order valence-corrected chi connectivity index (χ4v) is 4.32. The fourth-order valence-electron chi connectivity index (χ4n) is 4.32. The van der Waals surface area contributed by atoms with E-state index in [4.69, 9.17) is 4.42 Å². The van der Waals surface area contributed by atoms with Crippen molar-refractivity contribution in [3.8, 4) is 0 Å². The van der Waals surface area contributed by atoms with Gasteiger partial charge in [-0.25, -0.2) is 4.79 Å². The standard InChI is InChI=1S/C21H31N3O4/c1-13-6-7-16(28-13)14(2)22-17(25)12-24-18(26)21(23-19(24)27)10-8-15(9-11-21)20(3,4)5/h6-7,14-15H,8-12H2,1-5H3,(H,22,25)(H,23,27). The summed E-state index contributed by atoms with van der Waals surface area (Å²) in [6.45, 7) is 9.99. The number of hydrogen-bond acceptors (Lipinski definition) is 4. The van der Waals surface area contributed by atoms with Crippen LogP contribution in [0.5, 0.6) is 0 Å². The molecule has 28 heavy (non-hydrogen) atoms. The summed E-state index contributed by atoms with van der Waals surface area (Å²) < 4.78 is 5.51. The quantitative estimate of drug-likeness (QED) is 0.773. The van der Waals surface area contributed by atoms with Crippen molar-refractivity contribution in [3.05, 3.63) is 23.7 Å². The van der Waals surface area contributed by atoms with E-state index in [1.165, 1.54) is 0 Å². The van der Waals surface area contributed by atoms with Crippen molar-refractivity contribution in [2.24, 2.45) is 11.3 Å². The Kier molecular flexibility index (Phi) is 5.30. The van der Waals surface area contributed by atoms with Gasteiger partial charge in [0.15, 0.2) is 0 Å². The summed E-state index contributed by atoms with van der Waals surface area (Å²) in [7, 11) is 0. The minimum absolute atomic E-state index is 0.188. The van der Waals surface area contributed by atoms with Crippen LogP contribution in [0.3, 0.4) is 0 Å². The lowest BCUT2D eigenvalue weighted by Crippen LogP contribution is -2.51. The molecule has 3 rings (SSSR count). The third-order valence-corrected chi connectivity index (χ3v) is 6.18. The maximum absolute atomic E-state index is 13.0. The maximum Gasteiger partial charge on any atom is 0.325 e. The molecule has 1 aliphatic heterocycles. The molecule has 0 aromatic carbocycles.